The lowest BCUT2D eigenvalue weighted by atomic mass is 10.2. The van der Waals surface area contributed by atoms with Gasteiger partial charge in [-0.05, 0) is 6.42 Å². The van der Waals surface area contributed by atoms with E-state index in [9.17, 15) is 5.11 Å². The van der Waals surface area contributed by atoms with Crippen LogP contribution in [-0.2, 0) is 6.42 Å². The Kier molecular flexibility index (Phi) is 2.28. The molecule has 4 heteroatoms. The molecule has 2 aromatic heterocycles. The van der Waals surface area contributed by atoms with Crippen LogP contribution in [0.1, 0.15) is 23.6 Å². The molecule has 0 aliphatic carbocycles. The Bertz CT molecular complexity index is 492. The summed E-state index contributed by atoms with van der Waals surface area (Å²) in [6, 6.07) is 0. The van der Waals surface area contributed by atoms with Crippen molar-refractivity contribution in [2.24, 2.45) is 0 Å². The fourth-order valence-electron chi connectivity index (χ4n) is 1.47. The number of terminal acetylenes is 1. The van der Waals surface area contributed by atoms with E-state index in [1.807, 2.05) is 11.3 Å². The standard InChI is InChI=1S/C10H10N2OS/c1-3-7(13)10-8(4-2)14-9-5-11-6-12(9)10/h1,5-7,13H,4H2,2H3. The summed E-state index contributed by atoms with van der Waals surface area (Å²) in [6.07, 6.45) is 8.71. The van der Waals surface area contributed by atoms with Crippen molar-refractivity contribution in [1.82, 2.24) is 9.38 Å². The van der Waals surface area contributed by atoms with Gasteiger partial charge in [0.15, 0.2) is 6.10 Å². The maximum atomic E-state index is 9.67. The lowest BCUT2D eigenvalue weighted by molar-refractivity contribution is 0.231. The van der Waals surface area contributed by atoms with Gasteiger partial charge in [0.2, 0.25) is 0 Å². The molecule has 1 atom stereocenters. The van der Waals surface area contributed by atoms with Gasteiger partial charge in [0.05, 0.1) is 11.9 Å². The summed E-state index contributed by atoms with van der Waals surface area (Å²) in [5.74, 6) is 2.34. The number of thiazole rings is 1. The molecule has 3 nitrogen and oxygen atoms in total. The van der Waals surface area contributed by atoms with Crippen LogP contribution in [0, 0.1) is 12.3 Å². The molecule has 72 valence electrons. The van der Waals surface area contributed by atoms with Crippen LogP contribution in [0.2, 0.25) is 0 Å². The Balaban J connectivity index is 2.68. The molecule has 0 saturated carbocycles. The van der Waals surface area contributed by atoms with Gasteiger partial charge < -0.3 is 5.11 Å². The van der Waals surface area contributed by atoms with Crippen molar-refractivity contribution in [2.75, 3.05) is 0 Å². The molecule has 14 heavy (non-hydrogen) atoms. The number of hydrogen-bond acceptors (Lipinski definition) is 3. The van der Waals surface area contributed by atoms with Crippen LogP contribution in [0.5, 0.6) is 0 Å². The minimum Gasteiger partial charge on any atom is -0.374 e. The van der Waals surface area contributed by atoms with E-state index in [0.29, 0.717) is 0 Å². The molecular weight excluding hydrogens is 196 g/mol. The maximum Gasteiger partial charge on any atom is 0.156 e. The van der Waals surface area contributed by atoms with Gasteiger partial charge in [0.25, 0.3) is 0 Å². The molecule has 0 aliphatic rings. The molecule has 0 aliphatic heterocycles. The molecule has 0 fully saturated rings. The summed E-state index contributed by atoms with van der Waals surface area (Å²) < 4.78 is 1.86. The molecule has 1 unspecified atom stereocenters. The topological polar surface area (TPSA) is 37.5 Å². The van der Waals surface area contributed by atoms with Crippen molar-refractivity contribution < 1.29 is 5.11 Å². The zero-order valence-electron chi connectivity index (χ0n) is 7.77. The minimum atomic E-state index is -0.840. The molecule has 1 N–H and O–H groups in total. The third-order valence-electron chi connectivity index (χ3n) is 2.12. The summed E-state index contributed by atoms with van der Waals surface area (Å²) in [4.78, 5) is 6.15. The van der Waals surface area contributed by atoms with Gasteiger partial charge in [0.1, 0.15) is 11.2 Å². The third-order valence-corrected chi connectivity index (χ3v) is 3.37. The van der Waals surface area contributed by atoms with Crippen LogP contribution >= 0.6 is 11.3 Å². The second-order valence-corrected chi connectivity index (χ2v) is 4.05. The summed E-state index contributed by atoms with van der Waals surface area (Å²) in [5, 5.41) is 9.67. The van der Waals surface area contributed by atoms with E-state index >= 15 is 0 Å². The van der Waals surface area contributed by atoms with Crippen molar-refractivity contribution in [3.8, 4) is 12.3 Å². The zero-order valence-corrected chi connectivity index (χ0v) is 8.58. The Morgan fingerprint density at radius 1 is 1.79 bits per heavy atom. The van der Waals surface area contributed by atoms with E-state index < -0.39 is 6.10 Å². The summed E-state index contributed by atoms with van der Waals surface area (Å²) in [7, 11) is 0. The predicted octanol–water partition coefficient (Wildman–Crippen LogP) is 1.62. The lowest BCUT2D eigenvalue weighted by Gasteiger charge is -2.04. The van der Waals surface area contributed by atoms with E-state index in [4.69, 9.17) is 6.42 Å². The highest BCUT2D eigenvalue weighted by Crippen LogP contribution is 2.28. The molecule has 0 saturated heterocycles. The van der Waals surface area contributed by atoms with Crippen molar-refractivity contribution in [3.63, 3.8) is 0 Å². The Hall–Kier alpha value is -1.31. The Morgan fingerprint density at radius 2 is 2.57 bits per heavy atom. The second kappa shape index (κ2) is 3.45. The first-order valence-electron chi connectivity index (χ1n) is 4.35. The maximum absolute atomic E-state index is 9.67. The van der Waals surface area contributed by atoms with E-state index in [1.165, 1.54) is 0 Å². The highest BCUT2D eigenvalue weighted by molar-refractivity contribution is 7.17. The van der Waals surface area contributed by atoms with E-state index in [2.05, 4.69) is 10.9 Å². The summed E-state index contributed by atoms with van der Waals surface area (Å²) >= 11 is 1.62. The second-order valence-electron chi connectivity index (χ2n) is 2.94. The highest BCUT2D eigenvalue weighted by Gasteiger charge is 2.16. The SMILES string of the molecule is C#CC(O)c1c(CC)sc2cncn12. The number of aryl methyl sites for hydroxylation is 1. The highest BCUT2D eigenvalue weighted by atomic mass is 32.1. The molecule has 0 spiro atoms. The number of aliphatic hydroxyl groups is 1. The molecule has 0 amide bonds. The smallest absolute Gasteiger partial charge is 0.156 e. The van der Waals surface area contributed by atoms with Gasteiger partial charge in [-0.25, -0.2) is 4.98 Å². The first-order chi connectivity index (χ1) is 6.77. The van der Waals surface area contributed by atoms with Gasteiger partial charge in [-0.15, -0.1) is 17.8 Å². The monoisotopic (exact) mass is 206 g/mol. The third kappa shape index (κ3) is 1.22. The first-order valence-corrected chi connectivity index (χ1v) is 5.17. The van der Waals surface area contributed by atoms with Crippen LogP contribution in [0.25, 0.3) is 4.83 Å². The molecule has 0 aromatic carbocycles. The van der Waals surface area contributed by atoms with Gasteiger partial charge in [-0.2, -0.15) is 0 Å². The molecule has 0 bridgehead atoms. The number of aliphatic hydroxyl groups excluding tert-OH is 1. The van der Waals surface area contributed by atoms with Gasteiger partial charge >= 0.3 is 0 Å². The lowest BCUT2D eigenvalue weighted by Crippen LogP contribution is -2.00. The minimum absolute atomic E-state index is 0.785. The molecule has 2 heterocycles. The Labute approximate surface area is 86.0 Å². The fraction of sp³-hybridized carbons (Fsp3) is 0.300. The van der Waals surface area contributed by atoms with Crippen molar-refractivity contribution in [2.45, 2.75) is 19.4 Å². The Morgan fingerprint density at radius 3 is 3.21 bits per heavy atom. The number of fused-ring (bicyclic) bond motifs is 1. The number of nitrogens with zero attached hydrogens (tertiary/aromatic N) is 2. The zero-order chi connectivity index (χ0) is 10.1. The van der Waals surface area contributed by atoms with Crippen molar-refractivity contribution >= 4 is 16.2 Å². The van der Waals surface area contributed by atoms with E-state index in [-0.39, 0.29) is 0 Å². The van der Waals surface area contributed by atoms with Crippen LogP contribution in [0.4, 0.5) is 0 Å². The number of hydrogen-bond donors (Lipinski definition) is 1. The molecular formula is C10H10N2OS. The van der Waals surface area contributed by atoms with Gasteiger partial charge in [-0.3, -0.25) is 4.40 Å². The first kappa shape index (κ1) is 9.25. The molecule has 0 radical (unpaired) electrons. The van der Waals surface area contributed by atoms with Crippen LogP contribution in [0.15, 0.2) is 12.5 Å². The molecule has 2 aromatic rings. The largest absolute Gasteiger partial charge is 0.374 e. The number of rotatable bonds is 2. The molecule has 2 rings (SSSR count). The summed E-state index contributed by atoms with van der Waals surface area (Å²) in [5.41, 5.74) is 0.785. The van der Waals surface area contributed by atoms with Crippen molar-refractivity contribution in [1.29, 1.82) is 0 Å². The number of aromatic nitrogens is 2. The van der Waals surface area contributed by atoms with Crippen LogP contribution in [-0.4, -0.2) is 14.5 Å². The van der Waals surface area contributed by atoms with Crippen LogP contribution < -0.4 is 0 Å². The van der Waals surface area contributed by atoms with Gasteiger partial charge in [0, 0.05) is 4.88 Å². The van der Waals surface area contributed by atoms with E-state index in [0.717, 1.165) is 21.8 Å². The predicted molar refractivity (Wildman–Crippen MR) is 56.2 cm³/mol. The van der Waals surface area contributed by atoms with E-state index in [1.54, 1.807) is 23.9 Å². The van der Waals surface area contributed by atoms with Crippen LogP contribution in [0.3, 0.4) is 0 Å². The van der Waals surface area contributed by atoms with Gasteiger partial charge in [-0.1, -0.05) is 12.8 Å². The number of imidazole rings is 1. The average molecular weight is 206 g/mol. The normalized spacial score (nSPS) is 12.9. The summed E-state index contributed by atoms with van der Waals surface area (Å²) in [6.45, 7) is 2.05. The quantitative estimate of drug-likeness (QED) is 0.758. The van der Waals surface area contributed by atoms with Crippen molar-refractivity contribution in [3.05, 3.63) is 23.1 Å². The average Bonchev–Trinajstić information content (AvgIpc) is 2.74. The fourth-order valence-corrected chi connectivity index (χ4v) is 2.54.